The van der Waals surface area contributed by atoms with Gasteiger partial charge in [0.25, 0.3) is 0 Å². The Balaban J connectivity index is 2.95. The molecule has 0 aliphatic carbocycles. The van der Waals surface area contributed by atoms with Gasteiger partial charge in [-0.25, -0.2) is 0 Å². The van der Waals surface area contributed by atoms with Gasteiger partial charge in [0.05, 0.1) is 0 Å². The maximum absolute atomic E-state index is 11.3. The lowest BCUT2D eigenvalue weighted by atomic mass is 10.1. The third kappa shape index (κ3) is 2.64. The first-order valence-electron chi connectivity index (χ1n) is 4.10. The van der Waals surface area contributed by atoms with E-state index in [-0.39, 0.29) is 5.78 Å². The Labute approximate surface area is 85.7 Å². The highest BCUT2D eigenvalue weighted by Crippen LogP contribution is 2.10. The molecule has 1 rings (SSSR count). The van der Waals surface area contributed by atoms with Crippen molar-refractivity contribution in [3.8, 4) is 0 Å². The van der Waals surface area contributed by atoms with Crippen LogP contribution in [0.1, 0.15) is 22.8 Å². The quantitative estimate of drug-likeness (QED) is 0.652. The van der Waals surface area contributed by atoms with E-state index in [4.69, 9.17) is 5.11 Å². The molecule has 0 amide bonds. The zero-order chi connectivity index (χ0) is 9.84. The van der Waals surface area contributed by atoms with Gasteiger partial charge in [-0.2, -0.15) is 0 Å². The molecule has 0 saturated carbocycles. The van der Waals surface area contributed by atoms with Crippen LogP contribution in [0, 0.1) is 0 Å². The zero-order valence-electron chi connectivity index (χ0n) is 7.33. The van der Waals surface area contributed by atoms with E-state index in [1.165, 1.54) is 0 Å². The lowest BCUT2D eigenvalue weighted by molar-refractivity contribution is 0.0875. The molecule has 1 aromatic carbocycles. The molecule has 0 aliphatic rings. The van der Waals surface area contributed by atoms with E-state index in [0.29, 0.717) is 5.56 Å². The van der Waals surface area contributed by atoms with Gasteiger partial charge in [0.1, 0.15) is 0 Å². The summed E-state index contributed by atoms with van der Waals surface area (Å²) < 4.78 is 0. The first kappa shape index (κ1) is 10.4. The van der Waals surface area contributed by atoms with Crippen molar-refractivity contribution in [3.63, 3.8) is 0 Å². The van der Waals surface area contributed by atoms with Crippen LogP contribution < -0.4 is 0 Å². The molecule has 0 aliphatic heterocycles. The van der Waals surface area contributed by atoms with Gasteiger partial charge in [-0.15, -0.1) is 0 Å². The zero-order valence-corrected chi connectivity index (χ0v) is 8.91. The molecule has 3 heteroatoms. The van der Waals surface area contributed by atoms with Crippen molar-refractivity contribution in [2.45, 2.75) is 18.4 Å². The number of rotatable bonds is 3. The van der Waals surface area contributed by atoms with E-state index in [2.05, 4.69) is 15.9 Å². The second kappa shape index (κ2) is 4.53. The Bertz CT molecular complexity index is 308. The number of Topliss-reactive ketones (excluding diaryl/α,β-unsaturated/α-hetero) is 1. The summed E-state index contributed by atoms with van der Waals surface area (Å²) in [5, 5.41) is 7.91. The Kier molecular flexibility index (Phi) is 3.63. The molecule has 0 radical (unpaired) electrons. The van der Waals surface area contributed by atoms with Crippen molar-refractivity contribution in [3.05, 3.63) is 35.4 Å². The largest absolute Gasteiger partial charge is 0.374 e. The fourth-order valence-corrected chi connectivity index (χ4v) is 1.35. The molecular formula is C10H11BrO2. The number of benzene rings is 1. The molecule has 1 unspecified atom stereocenters. The number of hydrogen-bond acceptors (Lipinski definition) is 2. The number of aryl methyl sites for hydroxylation is 1. The summed E-state index contributed by atoms with van der Waals surface area (Å²) in [6.07, 6.45) is 0.888. The Morgan fingerprint density at radius 1 is 1.62 bits per heavy atom. The van der Waals surface area contributed by atoms with Crippen molar-refractivity contribution < 1.29 is 9.90 Å². The Morgan fingerprint density at radius 2 is 2.31 bits per heavy atom. The standard InChI is InChI=1S/C10H11BrO2/c1-2-7-4-3-5-8(6-7)9(12)10(11)13/h3-6,10,13H,2H2,1H3. The van der Waals surface area contributed by atoms with E-state index in [0.717, 1.165) is 12.0 Å². The maximum atomic E-state index is 11.3. The van der Waals surface area contributed by atoms with Gasteiger partial charge >= 0.3 is 0 Å². The van der Waals surface area contributed by atoms with Crippen molar-refractivity contribution in [1.82, 2.24) is 0 Å². The monoisotopic (exact) mass is 242 g/mol. The van der Waals surface area contributed by atoms with Gasteiger partial charge in [-0.3, -0.25) is 4.79 Å². The van der Waals surface area contributed by atoms with Crippen LogP contribution in [0.25, 0.3) is 0 Å². The molecule has 0 fully saturated rings. The molecule has 2 nitrogen and oxygen atoms in total. The molecule has 1 aromatic rings. The highest BCUT2D eigenvalue weighted by molar-refractivity contribution is 9.09. The molecule has 0 heterocycles. The topological polar surface area (TPSA) is 37.3 Å². The molecule has 70 valence electrons. The fourth-order valence-electron chi connectivity index (χ4n) is 1.08. The summed E-state index contributed by atoms with van der Waals surface area (Å²) in [7, 11) is 0. The first-order valence-corrected chi connectivity index (χ1v) is 5.02. The molecule has 0 bridgehead atoms. The number of ketones is 1. The van der Waals surface area contributed by atoms with Crippen LogP contribution in [-0.4, -0.2) is 15.9 Å². The van der Waals surface area contributed by atoms with Gasteiger partial charge in [0, 0.05) is 5.56 Å². The third-order valence-corrected chi connectivity index (χ3v) is 2.25. The Hall–Kier alpha value is -0.670. The fraction of sp³-hybridized carbons (Fsp3) is 0.300. The van der Waals surface area contributed by atoms with Crippen LogP contribution in [0.5, 0.6) is 0 Å². The molecule has 0 saturated heterocycles. The summed E-state index contributed by atoms with van der Waals surface area (Å²) in [5.74, 6) is -0.296. The smallest absolute Gasteiger partial charge is 0.202 e. The average Bonchev–Trinajstić information content (AvgIpc) is 2.16. The second-order valence-corrected chi connectivity index (χ2v) is 3.62. The minimum Gasteiger partial charge on any atom is -0.374 e. The van der Waals surface area contributed by atoms with Crippen LogP contribution >= 0.6 is 15.9 Å². The van der Waals surface area contributed by atoms with Gasteiger partial charge in [0.15, 0.2) is 5.01 Å². The predicted molar refractivity (Wildman–Crippen MR) is 55.1 cm³/mol. The number of aliphatic hydroxyl groups excluding tert-OH is 1. The van der Waals surface area contributed by atoms with Gasteiger partial charge in [-0.05, 0) is 34.0 Å². The van der Waals surface area contributed by atoms with Crippen LogP contribution in [0.4, 0.5) is 0 Å². The number of alkyl halides is 1. The Morgan fingerprint density at radius 3 is 2.85 bits per heavy atom. The molecule has 13 heavy (non-hydrogen) atoms. The van der Waals surface area contributed by atoms with E-state index in [1.807, 2.05) is 19.1 Å². The van der Waals surface area contributed by atoms with Crippen LogP contribution in [0.2, 0.25) is 0 Å². The lowest BCUT2D eigenvalue weighted by Crippen LogP contribution is -2.12. The average molecular weight is 243 g/mol. The third-order valence-electron chi connectivity index (χ3n) is 1.84. The summed E-state index contributed by atoms with van der Waals surface area (Å²) in [6.45, 7) is 2.02. The summed E-state index contributed by atoms with van der Waals surface area (Å²) in [5.41, 5.74) is 1.64. The van der Waals surface area contributed by atoms with Crippen molar-refractivity contribution in [2.24, 2.45) is 0 Å². The van der Waals surface area contributed by atoms with E-state index in [1.54, 1.807) is 12.1 Å². The first-order chi connectivity index (χ1) is 6.15. The second-order valence-electron chi connectivity index (χ2n) is 2.75. The number of carbonyl (C=O) groups excluding carboxylic acids is 1. The van der Waals surface area contributed by atoms with Crippen LogP contribution in [0.3, 0.4) is 0 Å². The van der Waals surface area contributed by atoms with Gasteiger partial charge in [0.2, 0.25) is 5.78 Å². The van der Waals surface area contributed by atoms with E-state index >= 15 is 0 Å². The maximum Gasteiger partial charge on any atom is 0.202 e. The molecule has 0 spiro atoms. The highest BCUT2D eigenvalue weighted by atomic mass is 79.9. The van der Waals surface area contributed by atoms with Gasteiger partial charge < -0.3 is 5.11 Å². The lowest BCUT2D eigenvalue weighted by Gasteiger charge is -2.03. The molecule has 1 atom stereocenters. The molecular weight excluding hydrogens is 232 g/mol. The summed E-state index contributed by atoms with van der Waals surface area (Å²) in [6, 6.07) is 7.28. The van der Waals surface area contributed by atoms with Crippen LogP contribution in [-0.2, 0) is 6.42 Å². The molecule has 0 aromatic heterocycles. The summed E-state index contributed by atoms with van der Waals surface area (Å²) in [4.78, 5) is 11.3. The van der Waals surface area contributed by atoms with E-state index in [9.17, 15) is 4.79 Å². The molecule has 1 N–H and O–H groups in total. The SMILES string of the molecule is CCc1cccc(C(=O)C(O)Br)c1. The normalized spacial score (nSPS) is 12.5. The van der Waals surface area contributed by atoms with Crippen molar-refractivity contribution in [2.75, 3.05) is 0 Å². The summed E-state index contributed by atoms with van der Waals surface area (Å²) >= 11 is 2.83. The van der Waals surface area contributed by atoms with Crippen molar-refractivity contribution >= 4 is 21.7 Å². The highest BCUT2D eigenvalue weighted by Gasteiger charge is 2.12. The van der Waals surface area contributed by atoms with E-state index < -0.39 is 5.01 Å². The number of aliphatic hydroxyl groups is 1. The number of carbonyl (C=O) groups is 1. The minimum absolute atomic E-state index is 0.296. The minimum atomic E-state index is -1.10. The predicted octanol–water partition coefficient (Wildman–Crippen LogP) is 2.14. The van der Waals surface area contributed by atoms with Crippen LogP contribution in [0.15, 0.2) is 24.3 Å². The van der Waals surface area contributed by atoms with Crippen molar-refractivity contribution in [1.29, 1.82) is 0 Å². The number of halogens is 1. The van der Waals surface area contributed by atoms with Gasteiger partial charge in [-0.1, -0.05) is 25.1 Å². The number of hydrogen-bond donors (Lipinski definition) is 1.